The second-order valence-electron chi connectivity index (χ2n) is 2.72. The average Bonchev–Trinajstić information content (AvgIpc) is 2.17. The highest BCUT2D eigenvalue weighted by molar-refractivity contribution is 14.1. The van der Waals surface area contributed by atoms with Crippen molar-refractivity contribution in [3.8, 4) is 5.75 Å². The van der Waals surface area contributed by atoms with Gasteiger partial charge in [0.1, 0.15) is 5.75 Å². The quantitative estimate of drug-likeness (QED) is 0.489. The molecular formula is C10H9IO3. The number of aldehydes is 1. The Morgan fingerprint density at radius 2 is 2.14 bits per heavy atom. The van der Waals surface area contributed by atoms with E-state index in [0.29, 0.717) is 23.2 Å². The molecule has 0 saturated heterocycles. The van der Waals surface area contributed by atoms with Gasteiger partial charge in [-0.3, -0.25) is 9.59 Å². The van der Waals surface area contributed by atoms with E-state index in [2.05, 4.69) is 22.6 Å². The number of rotatable bonds is 3. The molecule has 0 aliphatic heterocycles. The molecular weight excluding hydrogens is 295 g/mol. The summed E-state index contributed by atoms with van der Waals surface area (Å²) in [5.41, 5.74) is 0.726. The summed E-state index contributed by atoms with van der Waals surface area (Å²) in [6.45, 7) is 1.42. The van der Waals surface area contributed by atoms with Crippen molar-refractivity contribution < 1.29 is 14.3 Å². The second-order valence-corrected chi connectivity index (χ2v) is 3.88. The molecule has 1 aromatic rings. The van der Waals surface area contributed by atoms with Gasteiger partial charge in [0, 0.05) is 5.56 Å². The number of carbonyl (C=O) groups is 2. The number of ether oxygens (including phenoxy) is 1. The fourth-order valence-electron chi connectivity index (χ4n) is 1.23. The third kappa shape index (κ3) is 1.95. The van der Waals surface area contributed by atoms with Crippen LogP contribution in [0.15, 0.2) is 12.1 Å². The first-order chi connectivity index (χ1) is 6.61. The summed E-state index contributed by atoms with van der Waals surface area (Å²) in [7, 11) is 1.48. The van der Waals surface area contributed by atoms with Crippen LogP contribution < -0.4 is 4.74 Å². The van der Waals surface area contributed by atoms with Gasteiger partial charge in [0.25, 0.3) is 0 Å². The largest absolute Gasteiger partial charge is 0.495 e. The molecule has 0 fully saturated rings. The van der Waals surface area contributed by atoms with E-state index in [4.69, 9.17) is 4.74 Å². The van der Waals surface area contributed by atoms with E-state index in [0.717, 1.165) is 3.57 Å². The standard InChI is InChI=1S/C10H9IO3/c1-6(13)9-7(5-12)3-4-8(11)10(9)14-2/h3-5H,1-2H3. The van der Waals surface area contributed by atoms with Gasteiger partial charge in [-0.25, -0.2) is 0 Å². The van der Waals surface area contributed by atoms with Crippen LogP contribution in [0, 0.1) is 3.57 Å². The molecule has 4 heteroatoms. The Morgan fingerprint density at radius 1 is 1.50 bits per heavy atom. The van der Waals surface area contributed by atoms with Crippen molar-refractivity contribution in [3.05, 3.63) is 26.8 Å². The van der Waals surface area contributed by atoms with Gasteiger partial charge in [0.2, 0.25) is 0 Å². The highest BCUT2D eigenvalue weighted by atomic mass is 127. The highest BCUT2D eigenvalue weighted by Crippen LogP contribution is 2.28. The van der Waals surface area contributed by atoms with Gasteiger partial charge < -0.3 is 4.74 Å². The van der Waals surface area contributed by atoms with Gasteiger partial charge >= 0.3 is 0 Å². The molecule has 0 unspecified atom stereocenters. The zero-order valence-electron chi connectivity index (χ0n) is 7.83. The van der Waals surface area contributed by atoms with Crippen LogP contribution in [0.3, 0.4) is 0 Å². The summed E-state index contributed by atoms with van der Waals surface area (Å²) in [6, 6.07) is 3.36. The maximum absolute atomic E-state index is 11.3. The predicted molar refractivity (Wildman–Crippen MR) is 61.1 cm³/mol. The normalized spacial score (nSPS) is 9.64. The summed E-state index contributed by atoms with van der Waals surface area (Å²) in [6.07, 6.45) is 0.662. The Labute approximate surface area is 95.6 Å². The lowest BCUT2D eigenvalue weighted by molar-refractivity contribution is 0.100. The molecule has 14 heavy (non-hydrogen) atoms. The van der Waals surface area contributed by atoms with Gasteiger partial charge in [0.05, 0.1) is 16.2 Å². The lowest BCUT2D eigenvalue weighted by Crippen LogP contribution is -2.04. The van der Waals surface area contributed by atoms with E-state index in [1.807, 2.05) is 0 Å². The minimum Gasteiger partial charge on any atom is -0.495 e. The maximum Gasteiger partial charge on any atom is 0.164 e. The number of hydrogen-bond donors (Lipinski definition) is 0. The van der Waals surface area contributed by atoms with Gasteiger partial charge in [-0.05, 0) is 41.6 Å². The van der Waals surface area contributed by atoms with E-state index in [9.17, 15) is 9.59 Å². The molecule has 0 aliphatic carbocycles. The van der Waals surface area contributed by atoms with Crippen molar-refractivity contribution in [2.45, 2.75) is 6.92 Å². The van der Waals surface area contributed by atoms with E-state index in [1.54, 1.807) is 12.1 Å². The van der Waals surface area contributed by atoms with Crippen LogP contribution >= 0.6 is 22.6 Å². The molecule has 0 spiro atoms. The van der Waals surface area contributed by atoms with Crippen LogP contribution in [-0.4, -0.2) is 19.2 Å². The number of halogens is 1. The molecule has 0 amide bonds. The molecule has 0 aliphatic rings. The van der Waals surface area contributed by atoms with Crippen molar-refractivity contribution in [1.82, 2.24) is 0 Å². The van der Waals surface area contributed by atoms with E-state index in [-0.39, 0.29) is 5.78 Å². The molecule has 0 bridgehead atoms. The van der Waals surface area contributed by atoms with Crippen molar-refractivity contribution in [1.29, 1.82) is 0 Å². The number of ketones is 1. The predicted octanol–water partition coefficient (Wildman–Crippen LogP) is 2.31. The molecule has 3 nitrogen and oxygen atoms in total. The molecule has 74 valence electrons. The summed E-state index contributed by atoms with van der Waals surface area (Å²) in [5, 5.41) is 0. The summed E-state index contributed by atoms with van der Waals surface area (Å²) in [5.74, 6) is 0.310. The Balaban J connectivity index is 3.51. The lowest BCUT2D eigenvalue weighted by Gasteiger charge is -2.09. The number of hydrogen-bond acceptors (Lipinski definition) is 3. The summed E-state index contributed by atoms with van der Waals surface area (Å²) < 4.78 is 5.91. The van der Waals surface area contributed by atoms with Crippen molar-refractivity contribution in [2.24, 2.45) is 0 Å². The minimum absolute atomic E-state index is 0.164. The van der Waals surface area contributed by atoms with Gasteiger partial charge in [-0.2, -0.15) is 0 Å². The van der Waals surface area contributed by atoms with Gasteiger partial charge in [-0.1, -0.05) is 0 Å². The highest BCUT2D eigenvalue weighted by Gasteiger charge is 2.15. The average molecular weight is 304 g/mol. The minimum atomic E-state index is -0.164. The van der Waals surface area contributed by atoms with E-state index < -0.39 is 0 Å². The SMILES string of the molecule is COc1c(I)ccc(C=O)c1C(C)=O. The zero-order valence-corrected chi connectivity index (χ0v) is 9.99. The van der Waals surface area contributed by atoms with Crippen molar-refractivity contribution in [2.75, 3.05) is 7.11 Å². The van der Waals surface area contributed by atoms with Crippen LogP contribution in [-0.2, 0) is 0 Å². The zero-order chi connectivity index (χ0) is 10.7. The van der Waals surface area contributed by atoms with Crippen molar-refractivity contribution >= 4 is 34.7 Å². The van der Waals surface area contributed by atoms with Crippen LogP contribution in [0.25, 0.3) is 0 Å². The molecule has 0 aromatic heterocycles. The Hall–Kier alpha value is -0.910. The molecule has 0 atom stereocenters. The fraction of sp³-hybridized carbons (Fsp3) is 0.200. The first kappa shape index (κ1) is 11.2. The van der Waals surface area contributed by atoms with Gasteiger partial charge in [0.15, 0.2) is 12.1 Å². The molecule has 0 radical (unpaired) electrons. The Kier molecular flexibility index (Phi) is 3.62. The van der Waals surface area contributed by atoms with Gasteiger partial charge in [-0.15, -0.1) is 0 Å². The third-order valence-corrected chi connectivity index (χ3v) is 2.67. The number of Topliss-reactive ketones (excluding diaryl/α,β-unsaturated/α-hetero) is 1. The van der Waals surface area contributed by atoms with Crippen LogP contribution in [0.2, 0.25) is 0 Å². The molecule has 1 aromatic carbocycles. The first-order valence-electron chi connectivity index (χ1n) is 3.94. The van der Waals surface area contributed by atoms with Crippen molar-refractivity contribution in [3.63, 3.8) is 0 Å². The topological polar surface area (TPSA) is 43.4 Å². The summed E-state index contributed by atoms with van der Waals surface area (Å²) in [4.78, 5) is 22.0. The van der Waals surface area contributed by atoms with Crippen LogP contribution in [0.1, 0.15) is 27.6 Å². The number of benzene rings is 1. The molecule has 0 heterocycles. The van der Waals surface area contributed by atoms with E-state index in [1.165, 1.54) is 14.0 Å². The Bertz CT molecular complexity index is 385. The van der Waals surface area contributed by atoms with Crippen LogP contribution in [0.5, 0.6) is 5.75 Å². The number of carbonyl (C=O) groups excluding carboxylic acids is 2. The fourth-order valence-corrected chi connectivity index (χ4v) is 1.90. The summed E-state index contributed by atoms with van der Waals surface area (Å²) >= 11 is 2.06. The maximum atomic E-state index is 11.3. The molecule has 0 saturated carbocycles. The number of methoxy groups -OCH3 is 1. The smallest absolute Gasteiger partial charge is 0.164 e. The molecule has 0 N–H and O–H groups in total. The Morgan fingerprint density at radius 3 is 2.57 bits per heavy atom. The second kappa shape index (κ2) is 4.54. The monoisotopic (exact) mass is 304 g/mol. The third-order valence-electron chi connectivity index (χ3n) is 1.83. The lowest BCUT2D eigenvalue weighted by atomic mass is 10.0. The van der Waals surface area contributed by atoms with Crippen LogP contribution in [0.4, 0.5) is 0 Å². The molecule has 1 rings (SSSR count). The van der Waals surface area contributed by atoms with E-state index >= 15 is 0 Å². The first-order valence-corrected chi connectivity index (χ1v) is 5.02.